The SMILES string of the molecule is CC(N)Cn1c(=O)n(C)c2cc(O)ccc21. The summed E-state index contributed by atoms with van der Waals surface area (Å²) in [4.78, 5) is 11.9. The zero-order chi connectivity index (χ0) is 11.9. The van der Waals surface area contributed by atoms with E-state index in [0.29, 0.717) is 12.1 Å². The van der Waals surface area contributed by atoms with E-state index in [1.807, 2.05) is 6.92 Å². The van der Waals surface area contributed by atoms with Gasteiger partial charge >= 0.3 is 5.69 Å². The van der Waals surface area contributed by atoms with Crippen molar-refractivity contribution in [3.05, 3.63) is 28.7 Å². The molecule has 0 bridgehead atoms. The Morgan fingerprint density at radius 3 is 2.75 bits per heavy atom. The van der Waals surface area contributed by atoms with Gasteiger partial charge in [0.2, 0.25) is 0 Å². The highest BCUT2D eigenvalue weighted by atomic mass is 16.3. The van der Waals surface area contributed by atoms with Crippen molar-refractivity contribution in [1.82, 2.24) is 9.13 Å². The Hall–Kier alpha value is -1.75. The third kappa shape index (κ3) is 1.59. The first-order valence-corrected chi connectivity index (χ1v) is 5.14. The van der Waals surface area contributed by atoms with Crippen LogP contribution in [0.4, 0.5) is 0 Å². The fourth-order valence-corrected chi connectivity index (χ4v) is 1.86. The van der Waals surface area contributed by atoms with Gasteiger partial charge < -0.3 is 10.8 Å². The number of imidazole rings is 1. The molecule has 0 radical (unpaired) electrons. The van der Waals surface area contributed by atoms with E-state index in [1.165, 1.54) is 4.57 Å². The number of rotatable bonds is 2. The van der Waals surface area contributed by atoms with Gasteiger partial charge in [0.1, 0.15) is 5.75 Å². The Morgan fingerprint density at radius 1 is 1.44 bits per heavy atom. The number of phenolic OH excluding ortho intramolecular Hbond substituents is 1. The lowest BCUT2D eigenvalue weighted by Gasteiger charge is -2.06. The van der Waals surface area contributed by atoms with Gasteiger partial charge in [-0.25, -0.2) is 4.79 Å². The number of nitrogens with two attached hydrogens (primary N) is 1. The average molecular weight is 221 g/mol. The van der Waals surface area contributed by atoms with Gasteiger partial charge in [-0.3, -0.25) is 9.13 Å². The van der Waals surface area contributed by atoms with Crippen LogP contribution < -0.4 is 11.4 Å². The van der Waals surface area contributed by atoms with E-state index < -0.39 is 0 Å². The molecule has 5 nitrogen and oxygen atoms in total. The summed E-state index contributed by atoms with van der Waals surface area (Å²) < 4.78 is 3.14. The smallest absolute Gasteiger partial charge is 0.328 e. The summed E-state index contributed by atoms with van der Waals surface area (Å²) in [6.45, 7) is 2.33. The molecular weight excluding hydrogens is 206 g/mol. The van der Waals surface area contributed by atoms with Crippen LogP contribution in [-0.2, 0) is 13.6 Å². The second-order valence-corrected chi connectivity index (χ2v) is 4.10. The van der Waals surface area contributed by atoms with Crippen molar-refractivity contribution in [1.29, 1.82) is 0 Å². The molecule has 2 aromatic rings. The van der Waals surface area contributed by atoms with Crippen molar-refractivity contribution < 1.29 is 5.11 Å². The first-order valence-electron chi connectivity index (χ1n) is 5.14. The fraction of sp³-hybridized carbons (Fsp3) is 0.364. The van der Waals surface area contributed by atoms with Crippen LogP contribution in [0.5, 0.6) is 5.75 Å². The highest BCUT2D eigenvalue weighted by molar-refractivity contribution is 5.77. The van der Waals surface area contributed by atoms with E-state index in [4.69, 9.17) is 5.73 Å². The molecule has 0 aliphatic carbocycles. The minimum absolute atomic E-state index is 0.0860. The summed E-state index contributed by atoms with van der Waals surface area (Å²) in [5.41, 5.74) is 7.10. The van der Waals surface area contributed by atoms with Crippen molar-refractivity contribution >= 4 is 11.0 Å². The summed E-state index contributed by atoms with van der Waals surface area (Å²) in [5, 5.41) is 9.39. The molecule has 1 atom stereocenters. The standard InChI is InChI=1S/C11H15N3O2/c1-7(12)6-14-9-4-3-8(15)5-10(9)13(2)11(14)16/h3-5,7,15H,6,12H2,1-2H3. The molecule has 0 amide bonds. The number of aryl methyl sites for hydroxylation is 1. The van der Waals surface area contributed by atoms with E-state index in [0.717, 1.165) is 5.52 Å². The minimum Gasteiger partial charge on any atom is -0.508 e. The summed E-state index contributed by atoms with van der Waals surface area (Å²) in [7, 11) is 1.68. The van der Waals surface area contributed by atoms with Crippen LogP contribution in [0.2, 0.25) is 0 Å². The molecule has 16 heavy (non-hydrogen) atoms. The van der Waals surface area contributed by atoms with E-state index in [1.54, 1.807) is 29.8 Å². The van der Waals surface area contributed by atoms with E-state index in [-0.39, 0.29) is 17.5 Å². The van der Waals surface area contributed by atoms with Crippen LogP contribution in [-0.4, -0.2) is 20.3 Å². The zero-order valence-electron chi connectivity index (χ0n) is 9.34. The third-order valence-electron chi connectivity index (χ3n) is 2.60. The average Bonchev–Trinajstić information content (AvgIpc) is 2.43. The van der Waals surface area contributed by atoms with E-state index in [9.17, 15) is 9.90 Å². The van der Waals surface area contributed by atoms with Crippen LogP contribution >= 0.6 is 0 Å². The maximum Gasteiger partial charge on any atom is 0.328 e. The molecule has 2 rings (SSSR count). The van der Waals surface area contributed by atoms with Crippen molar-refractivity contribution in [3.63, 3.8) is 0 Å². The number of benzene rings is 1. The van der Waals surface area contributed by atoms with Gasteiger partial charge in [-0.2, -0.15) is 0 Å². The van der Waals surface area contributed by atoms with Crippen molar-refractivity contribution in [2.24, 2.45) is 12.8 Å². The summed E-state index contributed by atoms with van der Waals surface area (Å²) in [5.74, 6) is 0.154. The van der Waals surface area contributed by atoms with Crippen molar-refractivity contribution in [2.75, 3.05) is 0 Å². The number of hydrogen-bond donors (Lipinski definition) is 2. The second kappa shape index (κ2) is 3.68. The summed E-state index contributed by atoms with van der Waals surface area (Å²) in [6.07, 6.45) is 0. The monoisotopic (exact) mass is 221 g/mol. The van der Waals surface area contributed by atoms with Gasteiger partial charge in [0.15, 0.2) is 0 Å². The molecule has 1 aromatic heterocycles. The molecule has 3 N–H and O–H groups in total. The number of phenols is 1. The van der Waals surface area contributed by atoms with Crippen LogP contribution in [0.15, 0.2) is 23.0 Å². The molecule has 1 aromatic carbocycles. The minimum atomic E-state index is -0.113. The van der Waals surface area contributed by atoms with Crippen LogP contribution in [0.25, 0.3) is 11.0 Å². The van der Waals surface area contributed by atoms with Crippen LogP contribution in [0.3, 0.4) is 0 Å². The normalized spacial score (nSPS) is 13.2. The summed E-state index contributed by atoms with van der Waals surface area (Å²) >= 11 is 0. The molecule has 1 heterocycles. The third-order valence-corrected chi connectivity index (χ3v) is 2.60. The van der Waals surface area contributed by atoms with Gasteiger partial charge in [-0.05, 0) is 19.1 Å². The van der Waals surface area contributed by atoms with E-state index >= 15 is 0 Å². The lowest BCUT2D eigenvalue weighted by Crippen LogP contribution is -2.30. The summed E-state index contributed by atoms with van der Waals surface area (Å²) in [6, 6.07) is 4.79. The molecule has 0 aliphatic heterocycles. The van der Waals surface area contributed by atoms with Crippen LogP contribution in [0, 0.1) is 0 Å². The largest absolute Gasteiger partial charge is 0.508 e. The highest BCUT2D eigenvalue weighted by Crippen LogP contribution is 2.18. The molecule has 1 unspecified atom stereocenters. The van der Waals surface area contributed by atoms with Crippen LogP contribution in [0.1, 0.15) is 6.92 Å². The number of fused-ring (bicyclic) bond motifs is 1. The highest BCUT2D eigenvalue weighted by Gasteiger charge is 2.11. The topological polar surface area (TPSA) is 73.2 Å². The molecule has 5 heteroatoms. The molecule has 0 fully saturated rings. The predicted octanol–water partition coefficient (Wildman–Crippen LogP) is 0.393. The lowest BCUT2D eigenvalue weighted by molar-refractivity contribution is 0.476. The maximum atomic E-state index is 11.9. The van der Waals surface area contributed by atoms with Gasteiger partial charge in [-0.15, -0.1) is 0 Å². The number of aromatic nitrogens is 2. The van der Waals surface area contributed by atoms with Gasteiger partial charge in [0.05, 0.1) is 11.0 Å². The van der Waals surface area contributed by atoms with E-state index in [2.05, 4.69) is 0 Å². The lowest BCUT2D eigenvalue weighted by atomic mass is 10.3. The Kier molecular flexibility index (Phi) is 2.47. The Balaban J connectivity index is 2.74. The van der Waals surface area contributed by atoms with Gasteiger partial charge in [-0.1, -0.05) is 0 Å². The first-order chi connectivity index (χ1) is 7.50. The number of aromatic hydroxyl groups is 1. The van der Waals surface area contributed by atoms with Gasteiger partial charge in [0.25, 0.3) is 0 Å². The fourth-order valence-electron chi connectivity index (χ4n) is 1.86. The maximum absolute atomic E-state index is 11.9. The van der Waals surface area contributed by atoms with Crippen molar-refractivity contribution in [2.45, 2.75) is 19.5 Å². The van der Waals surface area contributed by atoms with Gasteiger partial charge in [0, 0.05) is 25.7 Å². The molecule has 0 saturated carbocycles. The Morgan fingerprint density at radius 2 is 2.12 bits per heavy atom. The first kappa shape index (κ1) is 10.8. The Bertz CT molecular complexity index is 581. The quantitative estimate of drug-likeness (QED) is 0.770. The molecular formula is C11H15N3O2. The number of nitrogens with zero attached hydrogens (tertiary/aromatic N) is 2. The molecule has 0 spiro atoms. The Labute approximate surface area is 92.7 Å². The molecule has 86 valence electrons. The molecule has 0 saturated heterocycles. The predicted molar refractivity (Wildman–Crippen MR) is 62.5 cm³/mol. The van der Waals surface area contributed by atoms with Crippen molar-refractivity contribution in [3.8, 4) is 5.75 Å². The second-order valence-electron chi connectivity index (χ2n) is 4.10. The zero-order valence-corrected chi connectivity index (χ0v) is 9.34. The number of hydrogen-bond acceptors (Lipinski definition) is 3. The molecule has 0 aliphatic rings.